The van der Waals surface area contributed by atoms with E-state index >= 15 is 0 Å². The fourth-order valence-electron chi connectivity index (χ4n) is 2.41. The summed E-state index contributed by atoms with van der Waals surface area (Å²) >= 11 is 1.21. The molecule has 1 aliphatic carbocycles. The average molecular weight is 340 g/mol. The van der Waals surface area contributed by atoms with Crippen molar-refractivity contribution in [1.29, 1.82) is 0 Å². The van der Waals surface area contributed by atoms with Gasteiger partial charge in [-0.05, 0) is 25.0 Å². The van der Waals surface area contributed by atoms with Gasteiger partial charge in [0.05, 0.1) is 4.91 Å². The minimum Gasteiger partial charge on any atom is -0.322 e. The molecule has 0 saturated carbocycles. The summed E-state index contributed by atoms with van der Waals surface area (Å²) < 4.78 is 0. The first kappa shape index (κ1) is 16.3. The number of hydrogen-bond acceptors (Lipinski definition) is 4. The summed E-state index contributed by atoms with van der Waals surface area (Å²) in [4.78, 5) is 38.4. The molecule has 122 valence electrons. The average Bonchev–Trinajstić information content (AvgIpc) is 2.83. The van der Waals surface area contributed by atoms with E-state index in [9.17, 15) is 14.4 Å². The zero-order chi connectivity index (χ0) is 17.1. The molecule has 1 aliphatic heterocycles. The van der Waals surface area contributed by atoms with Gasteiger partial charge in [0, 0.05) is 29.3 Å². The van der Waals surface area contributed by atoms with Crippen molar-refractivity contribution in [2.24, 2.45) is 0 Å². The number of carbonyl (C=O) groups excluding carboxylic acids is 3. The van der Waals surface area contributed by atoms with Crippen molar-refractivity contribution in [3.05, 3.63) is 63.9 Å². The lowest BCUT2D eigenvalue weighted by Crippen LogP contribution is -2.25. The Morgan fingerprint density at radius 3 is 2.62 bits per heavy atom. The number of carbonyl (C=O) groups is 3. The summed E-state index contributed by atoms with van der Waals surface area (Å²) in [7, 11) is 1.45. The van der Waals surface area contributed by atoms with Gasteiger partial charge in [0.1, 0.15) is 0 Å². The molecule has 1 aromatic rings. The van der Waals surface area contributed by atoms with E-state index in [2.05, 4.69) is 5.32 Å². The molecule has 0 unspecified atom stereocenters. The highest BCUT2D eigenvalue weighted by molar-refractivity contribution is 8.07. The van der Waals surface area contributed by atoms with Gasteiger partial charge in [0.25, 0.3) is 17.7 Å². The third kappa shape index (κ3) is 3.33. The number of nitrogens with one attached hydrogen (secondary N) is 1. The van der Waals surface area contributed by atoms with E-state index in [4.69, 9.17) is 0 Å². The predicted octanol–water partition coefficient (Wildman–Crippen LogP) is 2.84. The monoisotopic (exact) mass is 340 g/mol. The zero-order valence-electron chi connectivity index (χ0n) is 13.1. The van der Waals surface area contributed by atoms with Crippen LogP contribution in [0.2, 0.25) is 0 Å². The van der Waals surface area contributed by atoms with Crippen LogP contribution in [-0.4, -0.2) is 29.7 Å². The number of para-hydroxylation sites is 1. The van der Waals surface area contributed by atoms with Crippen LogP contribution in [-0.2, 0) is 14.4 Å². The molecule has 24 heavy (non-hydrogen) atoms. The van der Waals surface area contributed by atoms with Gasteiger partial charge < -0.3 is 5.32 Å². The molecule has 1 N–H and O–H groups in total. The lowest BCUT2D eigenvalue weighted by atomic mass is 10.1. The van der Waals surface area contributed by atoms with Gasteiger partial charge in [0.2, 0.25) is 0 Å². The normalized spacial score (nSPS) is 17.4. The highest BCUT2D eigenvalue weighted by Crippen LogP contribution is 2.37. The number of rotatable bonds is 4. The van der Waals surface area contributed by atoms with Crippen molar-refractivity contribution >= 4 is 35.2 Å². The molecule has 3 amide bonds. The molecule has 0 atom stereocenters. The van der Waals surface area contributed by atoms with Crippen LogP contribution in [0.25, 0.3) is 0 Å². The summed E-state index contributed by atoms with van der Waals surface area (Å²) in [6, 6.07) is 9.20. The Kier molecular flexibility index (Phi) is 4.66. The lowest BCUT2D eigenvalue weighted by Gasteiger charge is -2.16. The van der Waals surface area contributed by atoms with Gasteiger partial charge in [-0.15, -0.1) is 0 Å². The van der Waals surface area contributed by atoms with E-state index in [1.54, 1.807) is 6.08 Å². The molecular weight excluding hydrogens is 324 g/mol. The van der Waals surface area contributed by atoms with Crippen LogP contribution >= 0.6 is 11.8 Å². The molecule has 0 radical (unpaired) electrons. The fraction of sp³-hybridized carbons (Fsp3) is 0.167. The number of allylic oxidation sites excluding steroid dienone is 2. The van der Waals surface area contributed by atoms with Crippen molar-refractivity contribution in [3.63, 3.8) is 0 Å². The molecule has 0 aromatic heterocycles. The minimum absolute atomic E-state index is 0.217. The van der Waals surface area contributed by atoms with Gasteiger partial charge in [-0.25, -0.2) is 0 Å². The summed E-state index contributed by atoms with van der Waals surface area (Å²) in [5.41, 5.74) is 1.25. The van der Waals surface area contributed by atoms with Crippen molar-refractivity contribution in [1.82, 2.24) is 4.90 Å². The Hall–Kier alpha value is -2.60. The number of hydrogen-bond donors (Lipinski definition) is 1. The quantitative estimate of drug-likeness (QED) is 0.856. The number of benzene rings is 1. The topological polar surface area (TPSA) is 66.5 Å². The van der Waals surface area contributed by atoms with E-state index in [1.165, 1.54) is 24.9 Å². The number of thioether (sulfide) groups is 1. The highest BCUT2D eigenvalue weighted by Gasteiger charge is 2.30. The predicted molar refractivity (Wildman–Crippen MR) is 93.9 cm³/mol. The van der Waals surface area contributed by atoms with Crippen LogP contribution in [0, 0.1) is 0 Å². The molecule has 3 rings (SSSR count). The van der Waals surface area contributed by atoms with Gasteiger partial charge >= 0.3 is 0 Å². The second-order valence-electron chi connectivity index (χ2n) is 5.41. The summed E-state index contributed by atoms with van der Waals surface area (Å²) in [5.74, 6) is -0.870. The van der Waals surface area contributed by atoms with Gasteiger partial charge in [-0.2, -0.15) is 0 Å². The number of anilines is 1. The number of amides is 3. The minimum atomic E-state index is -0.329. The van der Waals surface area contributed by atoms with Crippen LogP contribution in [0.15, 0.2) is 63.9 Å². The fourth-order valence-corrected chi connectivity index (χ4v) is 3.55. The smallest absolute Gasteiger partial charge is 0.267 e. The molecule has 0 saturated heterocycles. The second kappa shape index (κ2) is 6.88. The Bertz CT molecular complexity index is 794. The summed E-state index contributed by atoms with van der Waals surface area (Å²) in [5, 5.41) is 2.85. The molecule has 1 aromatic carbocycles. The summed E-state index contributed by atoms with van der Waals surface area (Å²) in [6.45, 7) is 0. The van der Waals surface area contributed by atoms with E-state index in [0.717, 1.165) is 16.2 Å². The van der Waals surface area contributed by atoms with E-state index in [0.29, 0.717) is 22.6 Å². The molecule has 5 nitrogen and oxygen atoms in total. The second-order valence-corrected chi connectivity index (χ2v) is 6.55. The Morgan fingerprint density at radius 2 is 1.96 bits per heavy atom. The standard InChI is InChI=1S/C18H16N2O3S/c1-20-16(21)11-15(18(20)23)24-14-10-6-5-9-13(14)17(22)19-12-7-3-2-4-8-12/h2-5,7-9,11H,6,10H2,1H3,(H,19,22). The van der Waals surface area contributed by atoms with E-state index in [-0.39, 0.29) is 17.7 Å². The van der Waals surface area contributed by atoms with Gasteiger partial charge in [0.15, 0.2) is 0 Å². The molecule has 6 heteroatoms. The maximum Gasteiger partial charge on any atom is 0.267 e. The van der Waals surface area contributed by atoms with Crippen LogP contribution in [0.3, 0.4) is 0 Å². The van der Waals surface area contributed by atoms with Crippen molar-refractivity contribution in [2.45, 2.75) is 12.8 Å². The number of imide groups is 1. The largest absolute Gasteiger partial charge is 0.322 e. The number of nitrogens with zero attached hydrogens (tertiary/aromatic N) is 1. The van der Waals surface area contributed by atoms with Crippen molar-refractivity contribution in [3.8, 4) is 0 Å². The molecule has 2 aliphatic rings. The molecule has 0 bridgehead atoms. The first-order chi connectivity index (χ1) is 11.6. The lowest BCUT2D eigenvalue weighted by molar-refractivity contribution is -0.135. The third-order valence-corrected chi connectivity index (χ3v) is 4.92. The Labute approximate surface area is 144 Å². The molecule has 0 fully saturated rings. The van der Waals surface area contributed by atoms with Gasteiger partial charge in [-0.1, -0.05) is 42.1 Å². The highest BCUT2D eigenvalue weighted by atomic mass is 32.2. The van der Waals surface area contributed by atoms with Crippen LogP contribution in [0.5, 0.6) is 0 Å². The van der Waals surface area contributed by atoms with Gasteiger partial charge in [-0.3, -0.25) is 19.3 Å². The molecule has 1 heterocycles. The third-order valence-electron chi connectivity index (χ3n) is 3.73. The van der Waals surface area contributed by atoms with E-state index < -0.39 is 0 Å². The molecular formula is C18H16N2O3S. The summed E-state index contributed by atoms with van der Waals surface area (Å²) in [6.07, 6.45) is 6.50. The van der Waals surface area contributed by atoms with E-state index in [1.807, 2.05) is 36.4 Å². The Morgan fingerprint density at radius 1 is 1.21 bits per heavy atom. The first-order valence-electron chi connectivity index (χ1n) is 7.54. The maximum atomic E-state index is 12.5. The SMILES string of the molecule is CN1C(=O)C=C(SC2=C(C(=O)Nc3ccccc3)C=CCC2)C1=O. The first-order valence-corrected chi connectivity index (χ1v) is 8.35. The van der Waals surface area contributed by atoms with Crippen LogP contribution in [0.1, 0.15) is 12.8 Å². The number of likely N-dealkylation sites (N-methyl/N-ethyl adjacent to an activating group) is 1. The van der Waals surface area contributed by atoms with Crippen LogP contribution in [0.4, 0.5) is 5.69 Å². The van der Waals surface area contributed by atoms with Crippen molar-refractivity contribution < 1.29 is 14.4 Å². The van der Waals surface area contributed by atoms with Crippen LogP contribution < -0.4 is 5.32 Å². The zero-order valence-corrected chi connectivity index (χ0v) is 13.9. The Balaban J connectivity index is 1.82. The molecule has 0 spiro atoms. The maximum absolute atomic E-state index is 12.5. The van der Waals surface area contributed by atoms with Crippen molar-refractivity contribution in [2.75, 3.05) is 12.4 Å².